The molecule has 0 saturated carbocycles. The van der Waals surface area contributed by atoms with E-state index in [0.717, 1.165) is 17.1 Å². The largest absolute Gasteiger partial charge is 0.491 e. The lowest BCUT2D eigenvalue weighted by molar-refractivity contribution is 0.102. The zero-order valence-electron chi connectivity index (χ0n) is 14.0. The summed E-state index contributed by atoms with van der Waals surface area (Å²) in [5.41, 5.74) is 2.34. The molecule has 1 amide bonds. The lowest BCUT2D eigenvalue weighted by atomic mass is 10.2. The van der Waals surface area contributed by atoms with E-state index in [1.165, 1.54) is 0 Å². The van der Waals surface area contributed by atoms with Gasteiger partial charge in [0, 0.05) is 36.4 Å². The third-order valence-electron chi connectivity index (χ3n) is 3.70. The number of nitrogens with zero attached hydrogens (tertiary/aromatic N) is 1. The molecule has 0 spiro atoms. The van der Waals surface area contributed by atoms with E-state index in [2.05, 4.69) is 5.32 Å². The Morgan fingerprint density at radius 1 is 0.960 bits per heavy atom. The fourth-order valence-electron chi connectivity index (χ4n) is 2.37. The molecule has 128 valence electrons. The summed E-state index contributed by atoms with van der Waals surface area (Å²) in [6, 6.07) is 18.7. The minimum atomic E-state index is -0.146. The van der Waals surface area contributed by atoms with Crippen LogP contribution in [-0.2, 0) is 4.74 Å². The second kappa shape index (κ2) is 8.17. The number of hydrogen-bond donors (Lipinski definition) is 1. The maximum absolute atomic E-state index is 12.3. The first-order valence-electron chi connectivity index (χ1n) is 8.03. The zero-order valence-corrected chi connectivity index (χ0v) is 14.0. The van der Waals surface area contributed by atoms with Gasteiger partial charge in [0.05, 0.1) is 6.61 Å². The van der Waals surface area contributed by atoms with Crippen LogP contribution in [0.15, 0.2) is 73.1 Å². The van der Waals surface area contributed by atoms with E-state index in [1.54, 1.807) is 7.11 Å². The first-order chi connectivity index (χ1) is 12.3. The number of rotatable bonds is 7. The molecule has 0 unspecified atom stereocenters. The van der Waals surface area contributed by atoms with Gasteiger partial charge < -0.3 is 19.4 Å². The molecule has 3 rings (SSSR count). The van der Waals surface area contributed by atoms with Crippen LogP contribution in [0.5, 0.6) is 5.75 Å². The molecule has 0 fully saturated rings. The summed E-state index contributed by atoms with van der Waals surface area (Å²) >= 11 is 0. The maximum atomic E-state index is 12.3. The highest BCUT2D eigenvalue weighted by molar-refractivity contribution is 6.04. The highest BCUT2D eigenvalue weighted by Gasteiger charge is 2.06. The molecule has 1 aromatic heterocycles. The number of methoxy groups -OCH3 is 1. The zero-order chi connectivity index (χ0) is 17.5. The summed E-state index contributed by atoms with van der Waals surface area (Å²) in [4.78, 5) is 12.3. The van der Waals surface area contributed by atoms with E-state index in [0.29, 0.717) is 18.8 Å². The SMILES string of the molecule is COCCOc1ccc(NC(=O)c2ccc(-n3cccc3)cc2)cc1. The first kappa shape index (κ1) is 16.8. The molecule has 0 aliphatic rings. The highest BCUT2D eigenvalue weighted by Crippen LogP contribution is 2.17. The summed E-state index contributed by atoms with van der Waals surface area (Å²) in [5.74, 6) is 0.596. The minimum Gasteiger partial charge on any atom is -0.491 e. The van der Waals surface area contributed by atoms with Crippen molar-refractivity contribution in [3.05, 3.63) is 78.6 Å². The van der Waals surface area contributed by atoms with Crippen LogP contribution in [0.3, 0.4) is 0 Å². The molecule has 5 nitrogen and oxygen atoms in total. The normalized spacial score (nSPS) is 10.4. The number of nitrogens with one attached hydrogen (secondary N) is 1. The van der Waals surface area contributed by atoms with Gasteiger partial charge in [0.2, 0.25) is 0 Å². The number of ether oxygens (including phenoxy) is 2. The summed E-state index contributed by atoms with van der Waals surface area (Å²) < 4.78 is 12.4. The number of carbonyl (C=O) groups is 1. The van der Waals surface area contributed by atoms with Crippen molar-refractivity contribution in [1.82, 2.24) is 4.57 Å². The van der Waals surface area contributed by atoms with Crippen LogP contribution in [0.1, 0.15) is 10.4 Å². The fraction of sp³-hybridized carbons (Fsp3) is 0.150. The van der Waals surface area contributed by atoms with Crippen LogP contribution in [0.4, 0.5) is 5.69 Å². The van der Waals surface area contributed by atoms with Gasteiger partial charge in [-0.15, -0.1) is 0 Å². The summed E-state index contributed by atoms with van der Waals surface area (Å²) in [5, 5.41) is 2.88. The number of carbonyl (C=O) groups excluding carboxylic acids is 1. The van der Waals surface area contributed by atoms with Crippen LogP contribution < -0.4 is 10.1 Å². The van der Waals surface area contributed by atoms with E-state index >= 15 is 0 Å². The molecule has 1 heterocycles. The Bertz CT molecular complexity index is 794. The predicted octanol–water partition coefficient (Wildman–Crippen LogP) is 3.75. The van der Waals surface area contributed by atoms with E-state index < -0.39 is 0 Å². The van der Waals surface area contributed by atoms with Gasteiger partial charge in [-0.05, 0) is 60.7 Å². The summed E-state index contributed by atoms with van der Waals surface area (Å²) in [7, 11) is 1.63. The molecule has 0 atom stereocenters. The molecule has 1 N–H and O–H groups in total. The Kier molecular flexibility index (Phi) is 5.49. The van der Waals surface area contributed by atoms with Gasteiger partial charge in [-0.25, -0.2) is 0 Å². The Labute approximate surface area is 146 Å². The van der Waals surface area contributed by atoms with Crippen LogP contribution in [0.2, 0.25) is 0 Å². The minimum absolute atomic E-state index is 0.146. The molecule has 25 heavy (non-hydrogen) atoms. The van der Waals surface area contributed by atoms with Crippen LogP contribution in [0, 0.1) is 0 Å². The number of aromatic nitrogens is 1. The van der Waals surface area contributed by atoms with Crippen molar-refractivity contribution in [3.63, 3.8) is 0 Å². The van der Waals surface area contributed by atoms with Gasteiger partial charge in [-0.3, -0.25) is 4.79 Å². The third kappa shape index (κ3) is 4.49. The van der Waals surface area contributed by atoms with Gasteiger partial charge in [0.1, 0.15) is 12.4 Å². The maximum Gasteiger partial charge on any atom is 0.255 e. The molecular formula is C20H20N2O3. The van der Waals surface area contributed by atoms with Crippen LogP contribution in [0.25, 0.3) is 5.69 Å². The van der Waals surface area contributed by atoms with E-state index in [9.17, 15) is 4.79 Å². The van der Waals surface area contributed by atoms with Crippen molar-refractivity contribution in [3.8, 4) is 11.4 Å². The van der Waals surface area contributed by atoms with E-state index in [4.69, 9.17) is 9.47 Å². The first-order valence-corrected chi connectivity index (χ1v) is 8.03. The van der Waals surface area contributed by atoms with Crippen LogP contribution in [-0.4, -0.2) is 30.8 Å². The number of anilines is 1. The Hall–Kier alpha value is -3.05. The monoisotopic (exact) mass is 336 g/mol. The Morgan fingerprint density at radius 3 is 2.28 bits per heavy atom. The standard InChI is InChI=1S/C20H20N2O3/c1-24-14-15-25-19-10-6-17(7-11-19)21-20(23)16-4-8-18(9-5-16)22-12-2-3-13-22/h2-13H,14-15H2,1H3,(H,21,23). The quantitative estimate of drug-likeness (QED) is 0.669. The van der Waals surface area contributed by atoms with E-state index in [-0.39, 0.29) is 5.91 Å². The molecule has 0 bridgehead atoms. The lowest BCUT2D eigenvalue weighted by Crippen LogP contribution is -2.12. The molecule has 0 radical (unpaired) electrons. The number of amides is 1. The van der Waals surface area contributed by atoms with Crippen LogP contribution >= 0.6 is 0 Å². The Morgan fingerprint density at radius 2 is 1.64 bits per heavy atom. The molecule has 3 aromatic rings. The number of hydrogen-bond acceptors (Lipinski definition) is 3. The topological polar surface area (TPSA) is 52.5 Å². The molecule has 2 aromatic carbocycles. The van der Waals surface area contributed by atoms with Crippen molar-refractivity contribution in [2.24, 2.45) is 0 Å². The Balaban J connectivity index is 1.60. The van der Waals surface area contributed by atoms with Gasteiger partial charge in [-0.1, -0.05) is 0 Å². The molecule has 0 aliphatic heterocycles. The summed E-state index contributed by atoms with van der Waals surface area (Å²) in [6.07, 6.45) is 3.93. The second-order valence-corrected chi connectivity index (χ2v) is 5.46. The molecule has 0 aliphatic carbocycles. The van der Waals surface area contributed by atoms with E-state index in [1.807, 2.05) is 77.6 Å². The fourth-order valence-corrected chi connectivity index (χ4v) is 2.37. The lowest BCUT2D eigenvalue weighted by Gasteiger charge is -2.09. The second-order valence-electron chi connectivity index (χ2n) is 5.46. The van der Waals surface area contributed by atoms with Gasteiger partial charge in [-0.2, -0.15) is 0 Å². The smallest absolute Gasteiger partial charge is 0.255 e. The predicted molar refractivity (Wildman–Crippen MR) is 97.5 cm³/mol. The van der Waals surface area contributed by atoms with Crippen molar-refractivity contribution in [2.45, 2.75) is 0 Å². The average molecular weight is 336 g/mol. The molecule has 0 saturated heterocycles. The van der Waals surface area contributed by atoms with Crippen molar-refractivity contribution >= 4 is 11.6 Å². The average Bonchev–Trinajstić information content (AvgIpc) is 3.18. The van der Waals surface area contributed by atoms with Crippen molar-refractivity contribution < 1.29 is 14.3 Å². The molecular weight excluding hydrogens is 316 g/mol. The van der Waals surface area contributed by atoms with Gasteiger partial charge in [0.15, 0.2) is 0 Å². The molecule has 5 heteroatoms. The summed E-state index contributed by atoms with van der Waals surface area (Å²) in [6.45, 7) is 1.04. The highest BCUT2D eigenvalue weighted by atomic mass is 16.5. The van der Waals surface area contributed by atoms with Crippen molar-refractivity contribution in [1.29, 1.82) is 0 Å². The van der Waals surface area contributed by atoms with Gasteiger partial charge >= 0.3 is 0 Å². The third-order valence-corrected chi connectivity index (χ3v) is 3.70. The van der Waals surface area contributed by atoms with Crippen molar-refractivity contribution in [2.75, 3.05) is 25.6 Å². The van der Waals surface area contributed by atoms with Gasteiger partial charge in [0.25, 0.3) is 5.91 Å². The number of benzene rings is 2.